The third-order valence-corrected chi connectivity index (χ3v) is 5.46. The quantitative estimate of drug-likeness (QED) is 0.667. The average molecular weight is 368 g/mol. The molecule has 1 aliphatic rings. The molecule has 1 aliphatic heterocycles. The van der Waals surface area contributed by atoms with Crippen LogP contribution in [-0.2, 0) is 9.53 Å². The first-order valence-corrected chi connectivity index (χ1v) is 9.64. The van der Waals surface area contributed by atoms with Crippen LogP contribution in [0.4, 0.5) is 0 Å². The Labute approximate surface area is 156 Å². The normalized spacial score (nSPS) is 18.1. The minimum atomic E-state index is -0.425. The van der Waals surface area contributed by atoms with Crippen LogP contribution >= 0.6 is 11.8 Å². The summed E-state index contributed by atoms with van der Waals surface area (Å²) in [5, 5.41) is 3.09. The van der Waals surface area contributed by atoms with E-state index >= 15 is 0 Å². The third kappa shape index (κ3) is 3.92. The van der Waals surface area contributed by atoms with Gasteiger partial charge in [0.25, 0.3) is 5.22 Å². The van der Waals surface area contributed by atoms with Crippen LogP contribution in [0, 0.1) is 0 Å². The molecule has 2 aromatic carbocycles. The molecule has 3 aromatic rings. The van der Waals surface area contributed by atoms with Gasteiger partial charge in [-0.2, -0.15) is 0 Å². The number of thioether (sulfide) groups is 1. The molecular formula is C20H20N2O3S. The summed E-state index contributed by atoms with van der Waals surface area (Å²) < 4.78 is 11.4. The maximum Gasteiger partial charge on any atom is 0.257 e. The number of ether oxygens (including phenoxy) is 1. The molecule has 1 aromatic heterocycles. The number of nitrogens with zero attached hydrogens (tertiary/aromatic N) is 1. The van der Waals surface area contributed by atoms with Crippen molar-refractivity contribution in [1.29, 1.82) is 0 Å². The molecule has 1 saturated heterocycles. The number of hydrogen-bond donors (Lipinski definition) is 1. The number of oxazole rings is 1. The van der Waals surface area contributed by atoms with Gasteiger partial charge in [0.1, 0.15) is 10.8 Å². The summed E-state index contributed by atoms with van der Waals surface area (Å²) in [7, 11) is 0. The minimum absolute atomic E-state index is 0.0565. The largest absolute Gasteiger partial charge is 0.431 e. The van der Waals surface area contributed by atoms with Gasteiger partial charge in [0, 0.05) is 13.2 Å². The van der Waals surface area contributed by atoms with E-state index in [0.29, 0.717) is 11.8 Å². The zero-order chi connectivity index (χ0) is 17.8. The van der Waals surface area contributed by atoms with Crippen molar-refractivity contribution in [2.45, 2.75) is 29.4 Å². The number of rotatable bonds is 6. The highest BCUT2D eigenvalue weighted by Gasteiger charge is 2.26. The van der Waals surface area contributed by atoms with Gasteiger partial charge in [-0.05, 0) is 42.3 Å². The van der Waals surface area contributed by atoms with E-state index < -0.39 is 5.25 Å². The van der Waals surface area contributed by atoms with Crippen LogP contribution in [0.2, 0.25) is 0 Å². The molecule has 6 heteroatoms. The van der Waals surface area contributed by atoms with Crippen LogP contribution in [0.1, 0.15) is 23.7 Å². The van der Waals surface area contributed by atoms with Crippen LogP contribution in [0.15, 0.2) is 64.2 Å². The van der Waals surface area contributed by atoms with Crippen molar-refractivity contribution in [3.05, 3.63) is 60.2 Å². The highest BCUT2D eigenvalue weighted by Crippen LogP contribution is 2.36. The summed E-state index contributed by atoms with van der Waals surface area (Å²) in [6.07, 6.45) is 2.17. The highest BCUT2D eigenvalue weighted by atomic mass is 32.2. The molecule has 0 bridgehead atoms. The van der Waals surface area contributed by atoms with Gasteiger partial charge < -0.3 is 14.5 Å². The Kier molecular flexibility index (Phi) is 5.22. The van der Waals surface area contributed by atoms with Gasteiger partial charge in [0.15, 0.2) is 5.58 Å². The number of fused-ring (bicyclic) bond motifs is 1. The van der Waals surface area contributed by atoms with E-state index in [9.17, 15) is 4.79 Å². The Hall–Kier alpha value is -2.31. The number of carbonyl (C=O) groups is 1. The first-order valence-electron chi connectivity index (χ1n) is 8.76. The fraction of sp³-hybridized carbons (Fsp3) is 0.300. The number of carbonyl (C=O) groups excluding carboxylic acids is 1. The van der Waals surface area contributed by atoms with Crippen LogP contribution < -0.4 is 5.32 Å². The molecule has 1 amide bonds. The standard InChI is InChI=1S/C20H20N2O3S/c23-19(21-13-15-9-6-12-24-15)18(14-7-2-1-3-8-14)26-20-22-16-10-4-5-11-17(16)25-20/h1-5,7-8,10-11,15,18H,6,9,12-13H2,(H,21,23)/t15-,18+/m1/s1. The Balaban J connectivity index is 1.53. The van der Waals surface area contributed by atoms with Crippen molar-refractivity contribution in [3.63, 3.8) is 0 Å². The number of para-hydroxylation sites is 2. The predicted octanol–water partition coefficient (Wildman–Crippen LogP) is 3.96. The van der Waals surface area contributed by atoms with Crippen LogP contribution in [0.3, 0.4) is 0 Å². The molecule has 0 aliphatic carbocycles. The average Bonchev–Trinajstić information content (AvgIpc) is 3.34. The van der Waals surface area contributed by atoms with E-state index in [1.54, 1.807) is 0 Å². The molecule has 1 fully saturated rings. The van der Waals surface area contributed by atoms with Crippen molar-refractivity contribution in [1.82, 2.24) is 10.3 Å². The Bertz CT molecular complexity index is 842. The molecule has 2 heterocycles. The second-order valence-corrected chi connectivity index (χ2v) is 7.29. The van der Waals surface area contributed by atoms with Gasteiger partial charge in [-0.15, -0.1) is 0 Å². The summed E-state index contributed by atoms with van der Waals surface area (Å²) in [6, 6.07) is 17.3. The van der Waals surface area contributed by atoms with Crippen LogP contribution in [0.5, 0.6) is 0 Å². The molecule has 0 saturated carbocycles. The van der Waals surface area contributed by atoms with Gasteiger partial charge >= 0.3 is 0 Å². The Morgan fingerprint density at radius 3 is 2.77 bits per heavy atom. The molecule has 1 N–H and O–H groups in total. The Morgan fingerprint density at radius 1 is 1.19 bits per heavy atom. The van der Waals surface area contributed by atoms with E-state index in [4.69, 9.17) is 9.15 Å². The lowest BCUT2D eigenvalue weighted by Gasteiger charge is -2.17. The van der Waals surface area contributed by atoms with E-state index in [0.717, 1.165) is 36.1 Å². The van der Waals surface area contributed by atoms with E-state index in [1.165, 1.54) is 11.8 Å². The number of hydrogen-bond acceptors (Lipinski definition) is 5. The molecular weight excluding hydrogens is 348 g/mol. The summed E-state index contributed by atoms with van der Waals surface area (Å²) >= 11 is 1.33. The van der Waals surface area contributed by atoms with Crippen molar-refractivity contribution >= 4 is 28.8 Å². The van der Waals surface area contributed by atoms with Gasteiger partial charge in [-0.25, -0.2) is 4.98 Å². The van der Waals surface area contributed by atoms with Crippen molar-refractivity contribution < 1.29 is 13.9 Å². The molecule has 134 valence electrons. The molecule has 26 heavy (non-hydrogen) atoms. The number of amides is 1. The minimum Gasteiger partial charge on any atom is -0.431 e. The Morgan fingerprint density at radius 2 is 2.00 bits per heavy atom. The zero-order valence-corrected chi connectivity index (χ0v) is 15.1. The fourth-order valence-electron chi connectivity index (χ4n) is 3.02. The SMILES string of the molecule is O=C(NC[C@H]1CCCO1)[C@@H](Sc1nc2ccccc2o1)c1ccccc1. The number of benzene rings is 2. The van der Waals surface area contributed by atoms with Crippen molar-refractivity contribution in [2.24, 2.45) is 0 Å². The van der Waals surface area contributed by atoms with Gasteiger partial charge in [-0.1, -0.05) is 42.5 Å². The van der Waals surface area contributed by atoms with Crippen molar-refractivity contribution in [3.8, 4) is 0 Å². The zero-order valence-electron chi connectivity index (χ0n) is 14.3. The first-order chi connectivity index (χ1) is 12.8. The fourth-order valence-corrected chi connectivity index (χ4v) is 3.99. The van der Waals surface area contributed by atoms with Crippen molar-refractivity contribution in [2.75, 3.05) is 13.2 Å². The maximum absolute atomic E-state index is 12.9. The summed E-state index contributed by atoms with van der Waals surface area (Å²) in [4.78, 5) is 17.4. The summed E-state index contributed by atoms with van der Waals surface area (Å²) in [5.74, 6) is -0.0565. The first kappa shape index (κ1) is 17.1. The lowest BCUT2D eigenvalue weighted by Crippen LogP contribution is -2.34. The second-order valence-electron chi connectivity index (χ2n) is 6.24. The molecule has 5 nitrogen and oxygen atoms in total. The van der Waals surface area contributed by atoms with Gasteiger partial charge in [0.2, 0.25) is 5.91 Å². The highest BCUT2D eigenvalue weighted by molar-refractivity contribution is 8.00. The van der Waals surface area contributed by atoms with E-state index in [-0.39, 0.29) is 12.0 Å². The monoisotopic (exact) mass is 368 g/mol. The lowest BCUT2D eigenvalue weighted by atomic mass is 10.1. The topological polar surface area (TPSA) is 64.4 Å². The van der Waals surface area contributed by atoms with E-state index in [1.807, 2.05) is 54.6 Å². The van der Waals surface area contributed by atoms with Gasteiger partial charge in [-0.3, -0.25) is 4.79 Å². The molecule has 0 unspecified atom stereocenters. The molecule has 4 rings (SSSR count). The van der Waals surface area contributed by atoms with Gasteiger partial charge in [0.05, 0.1) is 6.10 Å². The smallest absolute Gasteiger partial charge is 0.257 e. The lowest BCUT2D eigenvalue weighted by molar-refractivity contribution is -0.121. The third-order valence-electron chi connectivity index (χ3n) is 4.36. The molecule has 0 radical (unpaired) electrons. The summed E-state index contributed by atoms with van der Waals surface area (Å²) in [6.45, 7) is 1.32. The van der Waals surface area contributed by atoms with E-state index in [2.05, 4.69) is 10.3 Å². The molecule has 2 atom stereocenters. The van der Waals surface area contributed by atoms with Crippen LogP contribution in [-0.4, -0.2) is 30.1 Å². The summed E-state index contributed by atoms with van der Waals surface area (Å²) in [5.41, 5.74) is 2.44. The number of nitrogens with one attached hydrogen (secondary N) is 1. The second kappa shape index (κ2) is 7.93. The number of aromatic nitrogens is 1. The maximum atomic E-state index is 12.9. The predicted molar refractivity (Wildman–Crippen MR) is 101 cm³/mol. The molecule has 0 spiro atoms. The van der Waals surface area contributed by atoms with Crippen LogP contribution in [0.25, 0.3) is 11.1 Å².